The van der Waals surface area contributed by atoms with E-state index in [-0.39, 0.29) is 6.61 Å². The Morgan fingerprint density at radius 2 is 2.29 bits per heavy atom. The molecule has 0 atom stereocenters. The first kappa shape index (κ1) is 13.7. The lowest BCUT2D eigenvalue weighted by Crippen LogP contribution is -2.30. The average molecular weight is 239 g/mol. The van der Waals surface area contributed by atoms with Crippen LogP contribution in [0.2, 0.25) is 0 Å². The average Bonchev–Trinajstić information content (AvgIpc) is 2.35. The third-order valence-electron chi connectivity index (χ3n) is 2.40. The van der Waals surface area contributed by atoms with E-state index in [9.17, 15) is 0 Å². The molecule has 0 aliphatic rings. The van der Waals surface area contributed by atoms with Crippen LogP contribution in [0.5, 0.6) is 0 Å². The molecule has 0 saturated heterocycles. The zero-order valence-electron chi connectivity index (χ0n) is 10.5. The van der Waals surface area contributed by atoms with Crippen molar-refractivity contribution >= 4 is 11.5 Å². The third-order valence-corrected chi connectivity index (χ3v) is 2.40. The third kappa shape index (κ3) is 4.58. The van der Waals surface area contributed by atoms with E-state index in [1.54, 1.807) is 13.3 Å². The second-order valence-corrected chi connectivity index (χ2v) is 3.63. The zero-order valence-corrected chi connectivity index (χ0v) is 10.5. The maximum atomic E-state index is 9.06. The van der Waals surface area contributed by atoms with Gasteiger partial charge in [0.25, 0.3) is 0 Å². The van der Waals surface area contributed by atoms with Crippen molar-refractivity contribution < 1.29 is 9.84 Å². The number of rotatable bonds is 8. The summed E-state index contributed by atoms with van der Waals surface area (Å²) in [7, 11) is 1.67. The summed E-state index contributed by atoms with van der Waals surface area (Å²) in [5, 5.41) is 12.2. The fraction of sp³-hybridized carbons (Fsp3) is 0.583. The summed E-state index contributed by atoms with van der Waals surface area (Å²) in [6.45, 7) is 4.99. The molecule has 5 nitrogen and oxygen atoms in total. The Labute approximate surface area is 102 Å². The first-order valence-corrected chi connectivity index (χ1v) is 5.86. The summed E-state index contributed by atoms with van der Waals surface area (Å²) in [4.78, 5) is 6.30. The molecule has 0 aromatic carbocycles. The van der Waals surface area contributed by atoms with Gasteiger partial charge in [-0.3, -0.25) is 0 Å². The molecule has 0 aliphatic carbocycles. The number of methoxy groups -OCH3 is 1. The summed E-state index contributed by atoms with van der Waals surface area (Å²) in [6.07, 6.45) is 1.77. The summed E-state index contributed by atoms with van der Waals surface area (Å²) in [5.74, 6) is 0.852. The number of aliphatic hydroxyl groups is 1. The van der Waals surface area contributed by atoms with Gasteiger partial charge in [0.2, 0.25) is 0 Å². The van der Waals surface area contributed by atoms with Crippen LogP contribution in [0, 0.1) is 0 Å². The zero-order chi connectivity index (χ0) is 12.5. The van der Waals surface area contributed by atoms with Crippen LogP contribution in [0.1, 0.15) is 6.92 Å². The summed E-state index contributed by atoms with van der Waals surface area (Å²) >= 11 is 0. The number of hydrogen-bond acceptors (Lipinski definition) is 5. The monoisotopic (exact) mass is 239 g/mol. The van der Waals surface area contributed by atoms with Crippen LogP contribution >= 0.6 is 0 Å². The van der Waals surface area contributed by atoms with Crippen molar-refractivity contribution in [3.8, 4) is 0 Å². The van der Waals surface area contributed by atoms with E-state index in [0.29, 0.717) is 13.2 Å². The Bertz CT molecular complexity index is 320. The summed E-state index contributed by atoms with van der Waals surface area (Å²) < 4.78 is 5.06. The first-order chi connectivity index (χ1) is 8.31. The lowest BCUT2D eigenvalue weighted by molar-refractivity contribution is 0.203. The molecule has 1 rings (SSSR count). The van der Waals surface area contributed by atoms with E-state index < -0.39 is 0 Å². The van der Waals surface area contributed by atoms with Crippen LogP contribution in [0.25, 0.3) is 0 Å². The number of anilines is 2. The molecule has 0 radical (unpaired) electrons. The highest BCUT2D eigenvalue weighted by Crippen LogP contribution is 2.16. The molecule has 0 saturated carbocycles. The molecule has 0 fully saturated rings. The minimum atomic E-state index is 0.128. The van der Waals surface area contributed by atoms with Crippen LogP contribution in [-0.4, -0.2) is 50.0 Å². The highest BCUT2D eigenvalue weighted by Gasteiger charge is 2.06. The molecule has 2 N–H and O–H groups in total. The predicted octanol–water partition coefficient (Wildman–Crippen LogP) is 0.958. The van der Waals surface area contributed by atoms with Crippen LogP contribution in [0.15, 0.2) is 18.3 Å². The largest absolute Gasteiger partial charge is 0.395 e. The molecule has 0 bridgehead atoms. The molecule has 5 heteroatoms. The second kappa shape index (κ2) is 7.86. The van der Waals surface area contributed by atoms with E-state index in [4.69, 9.17) is 9.84 Å². The molecule has 17 heavy (non-hydrogen) atoms. The molecule has 0 unspecified atom stereocenters. The predicted molar refractivity (Wildman–Crippen MR) is 69.6 cm³/mol. The Kier molecular flexibility index (Phi) is 6.35. The van der Waals surface area contributed by atoms with Gasteiger partial charge in [0.1, 0.15) is 5.82 Å². The van der Waals surface area contributed by atoms with Gasteiger partial charge >= 0.3 is 0 Å². The van der Waals surface area contributed by atoms with Crippen molar-refractivity contribution in [2.45, 2.75) is 6.92 Å². The van der Waals surface area contributed by atoms with Crippen LogP contribution in [0.3, 0.4) is 0 Å². The lowest BCUT2D eigenvalue weighted by atomic mass is 10.3. The molecule has 0 spiro atoms. The van der Waals surface area contributed by atoms with Crippen LogP contribution in [0.4, 0.5) is 11.5 Å². The molecular formula is C12H21N3O2. The highest BCUT2D eigenvalue weighted by atomic mass is 16.5. The number of aromatic nitrogens is 1. The smallest absolute Gasteiger partial charge is 0.127 e. The molecule has 1 aromatic heterocycles. The standard InChI is InChI=1S/C12H21N3O2/c1-3-13-12-10-11(4-5-14-12)15(6-8-16)7-9-17-2/h4-5,10,16H,3,6-9H2,1-2H3,(H,13,14). The molecule has 1 heterocycles. The van der Waals surface area contributed by atoms with E-state index in [2.05, 4.69) is 15.2 Å². The highest BCUT2D eigenvalue weighted by molar-refractivity contribution is 5.53. The molecule has 0 aliphatic heterocycles. The molecule has 0 amide bonds. The molecular weight excluding hydrogens is 218 g/mol. The van der Waals surface area contributed by atoms with Gasteiger partial charge in [0, 0.05) is 44.7 Å². The van der Waals surface area contributed by atoms with Crippen LogP contribution in [-0.2, 0) is 4.74 Å². The van der Waals surface area contributed by atoms with Gasteiger partial charge in [0.05, 0.1) is 13.2 Å². The normalized spacial score (nSPS) is 10.3. The van der Waals surface area contributed by atoms with Gasteiger partial charge in [-0.05, 0) is 13.0 Å². The number of nitrogens with one attached hydrogen (secondary N) is 1. The maximum Gasteiger partial charge on any atom is 0.127 e. The number of nitrogens with zero attached hydrogens (tertiary/aromatic N) is 2. The topological polar surface area (TPSA) is 57.6 Å². The number of hydrogen-bond donors (Lipinski definition) is 2. The lowest BCUT2D eigenvalue weighted by Gasteiger charge is -2.23. The Morgan fingerprint density at radius 1 is 1.47 bits per heavy atom. The van der Waals surface area contributed by atoms with Gasteiger partial charge in [-0.25, -0.2) is 4.98 Å². The quantitative estimate of drug-likeness (QED) is 0.707. The Hall–Kier alpha value is -1.33. The summed E-state index contributed by atoms with van der Waals surface area (Å²) in [6, 6.07) is 3.92. The second-order valence-electron chi connectivity index (χ2n) is 3.63. The first-order valence-electron chi connectivity index (χ1n) is 5.86. The minimum absolute atomic E-state index is 0.128. The number of pyridine rings is 1. The SMILES string of the molecule is CCNc1cc(N(CCO)CCOC)ccn1. The van der Waals surface area contributed by atoms with Crippen molar-refractivity contribution in [2.24, 2.45) is 0 Å². The van der Waals surface area contributed by atoms with E-state index in [1.165, 1.54) is 0 Å². The van der Waals surface area contributed by atoms with E-state index >= 15 is 0 Å². The van der Waals surface area contributed by atoms with Crippen molar-refractivity contribution in [3.63, 3.8) is 0 Å². The van der Waals surface area contributed by atoms with Gasteiger partial charge < -0.3 is 20.1 Å². The van der Waals surface area contributed by atoms with Gasteiger partial charge in [-0.2, -0.15) is 0 Å². The number of ether oxygens (including phenoxy) is 1. The van der Waals surface area contributed by atoms with Crippen molar-refractivity contribution in [2.75, 3.05) is 50.2 Å². The molecule has 96 valence electrons. The van der Waals surface area contributed by atoms with E-state index in [1.807, 2.05) is 19.1 Å². The Balaban J connectivity index is 2.73. The van der Waals surface area contributed by atoms with Crippen LogP contribution < -0.4 is 10.2 Å². The summed E-state index contributed by atoms with van der Waals surface area (Å²) in [5.41, 5.74) is 1.04. The fourth-order valence-electron chi connectivity index (χ4n) is 1.59. The van der Waals surface area contributed by atoms with Gasteiger partial charge in [-0.15, -0.1) is 0 Å². The number of aliphatic hydroxyl groups excluding tert-OH is 1. The maximum absolute atomic E-state index is 9.06. The molecule has 1 aromatic rings. The van der Waals surface area contributed by atoms with Crippen molar-refractivity contribution in [3.05, 3.63) is 18.3 Å². The van der Waals surface area contributed by atoms with Crippen molar-refractivity contribution in [1.82, 2.24) is 4.98 Å². The minimum Gasteiger partial charge on any atom is -0.395 e. The fourth-order valence-corrected chi connectivity index (χ4v) is 1.59. The Morgan fingerprint density at radius 3 is 2.94 bits per heavy atom. The van der Waals surface area contributed by atoms with Gasteiger partial charge in [-0.1, -0.05) is 0 Å². The van der Waals surface area contributed by atoms with Crippen molar-refractivity contribution in [1.29, 1.82) is 0 Å². The van der Waals surface area contributed by atoms with Gasteiger partial charge in [0.15, 0.2) is 0 Å². The van der Waals surface area contributed by atoms with E-state index in [0.717, 1.165) is 24.6 Å².